The second kappa shape index (κ2) is 14.6. The molecule has 2 aromatic carbocycles. The molecule has 0 unspecified atom stereocenters. The van der Waals surface area contributed by atoms with Crippen LogP contribution in [0.15, 0.2) is 53.4 Å². The Bertz CT molecular complexity index is 1290. The molecular weight excluding hydrogens is 539 g/mol. The lowest BCUT2D eigenvalue weighted by molar-refractivity contribution is -0.122. The van der Waals surface area contributed by atoms with Crippen LogP contribution in [0, 0.1) is 6.92 Å². The number of nitrogens with zero attached hydrogens (tertiary/aromatic N) is 2. The monoisotopic (exact) mass is 577 g/mol. The predicted molar refractivity (Wildman–Crippen MR) is 169 cm³/mol. The fourth-order valence-corrected chi connectivity index (χ4v) is 6.58. The number of unbranched alkanes of at least 4 members (excludes halogenated alkanes) is 9. The van der Waals surface area contributed by atoms with Crippen molar-refractivity contribution in [2.24, 2.45) is 0 Å². The minimum Gasteiger partial charge on any atom is -0.324 e. The van der Waals surface area contributed by atoms with Gasteiger partial charge < -0.3 is 5.32 Å². The number of amides is 3. The zero-order valence-corrected chi connectivity index (χ0v) is 25.2. The number of nitrogens with one attached hydrogen (secondary N) is 1. The Morgan fingerprint density at radius 2 is 1.45 bits per heavy atom. The van der Waals surface area contributed by atoms with Crippen molar-refractivity contribution < 1.29 is 14.4 Å². The molecule has 2 aliphatic heterocycles. The van der Waals surface area contributed by atoms with Crippen LogP contribution in [-0.4, -0.2) is 40.0 Å². The summed E-state index contributed by atoms with van der Waals surface area (Å²) in [6, 6.07) is 14.8. The van der Waals surface area contributed by atoms with Crippen molar-refractivity contribution in [2.75, 3.05) is 23.3 Å². The van der Waals surface area contributed by atoms with Crippen molar-refractivity contribution >= 4 is 63.0 Å². The van der Waals surface area contributed by atoms with E-state index in [1.807, 2.05) is 55.5 Å². The maximum absolute atomic E-state index is 13.7. The molecule has 3 amide bonds. The molecule has 0 spiro atoms. The molecule has 212 valence electrons. The summed E-state index contributed by atoms with van der Waals surface area (Å²) < 4.78 is 0.490. The van der Waals surface area contributed by atoms with Crippen molar-refractivity contribution in [1.29, 1.82) is 0 Å². The number of para-hydroxylation sites is 2. The van der Waals surface area contributed by atoms with Gasteiger partial charge >= 0.3 is 0 Å². The SMILES string of the molecule is CCCCCCCCCCCCN1C(=O)/C(=C2/C(=O)N(CC(=O)Nc3ccccc3C)c3ccccc32)SC1=S. The highest BCUT2D eigenvalue weighted by molar-refractivity contribution is 8.26. The zero-order valence-electron chi connectivity index (χ0n) is 23.5. The third kappa shape index (κ3) is 7.21. The average Bonchev–Trinajstić information content (AvgIpc) is 3.37. The van der Waals surface area contributed by atoms with Gasteiger partial charge in [0.1, 0.15) is 10.9 Å². The number of fused-ring (bicyclic) bond motifs is 1. The molecule has 0 aromatic heterocycles. The normalized spacial score (nSPS) is 16.7. The van der Waals surface area contributed by atoms with Crippen LogP contribution in [0.25, 0.3) is 5.57 Å². The molecule has 6 nitrogen and oxygen atoms in total. The van der Waals surface area contributed by atoms with Crippen molar-refractivity contribution in [3.8, 4) is 0 Å². The van der Waals surface area contributed by atoms with Gasteiger partial charge in [-0.2, -0.15) is 0 Å². The van der Waals surface area contributed by atoms with Gasteiger partial charge in [-0.3, -0.25) is 24.2 Å². The number of aryl methyl sites for hydroxylation is 1. The number of thiocarbonyl (C=S) groups is 1. The second-order valence-corrected chi connectivity index (χ2v) is 12.1. The van der Waals surface area contributed by atoms with Crippen LogP contribution in [0.3, 0.4) is 0 Å². The van der Waals surface area contributed by atoms with Gasteiger partial charge in [0.2, 0.25) is 5.91 Å². The van der Waals surface area contributed by atoms with Crippen LogP contribution in [0.4, 0.5) is 11.4 Å². The minimum absolute atomic E-state index is 0.146. The zero-order chi connectivity index (χ0) is 28.5. The molecule has 0 atom stereocenters. The van der Waals surface area contributed by atoms with Gasteiger partial charge in [0, 0.05) is 17.8 Å². The summed E-state index contributed by atoms with van der Waals surface area (Å²) in [5.74, 6) is -0.858. The van der Waals surface area contributed by atoms with Crippen LogP contribution in [0.5, 0.6) is 0 Å². The van der Waals surface area contributed by atoms with E-state index in [4.69, 9.17) is 12.2 Å². The molecule has 2 aromatic rings. The Morgan fingerprint density at radius 3 is 2.15 bits per heavy atom. The minimum atomic E-state index is -0.347. The average molecular weight is 578 g/mol. The van der Waals surface area contributed by atoms with Crippen LogP contribution >= 0.6 is 24.0 Å². The number of rotatable bonds is 14. The van der Waals surface area contributed by atoms with Gasteiger partial charge in [-0.15, -0.1) is 0 Å². The van der Waals surface area contributed by atoms with Crippen LogP contribution in [0.2, 0.25) is 0 Å². The fourth-order valence-electron chi connectivity index (χ4n) is 5.20. The van der Waals surface area contributed by atoms with E-state index in [1.165, 1.54) is 61.6 Å². The summed E-state index contributed by atoms with van der Waals surface area (Å²) in [6.45, 7) is 4.58. The molecule has 1 saturated heterocycles. The molecule has 2 heterocycles. The first-order valence-electron chi connectivity index (χ1n) is 14.5. The van der Waals surface area contributed by atoms with E-state index in [1.54, 1.807) is 4.90 Å². The maximum Gasteiger partial charge on any atom is 0.267 e. The Morgan fingerprint density at radius 1 is 0.825 bits per heavy atom. The number of hydrogen-bond donors (Lipinski definition) is 1. The van der Waals surface area contributed by atoms with Crippen molar-refractivity contribution in [2.45, 2.75) is 78.1 Å². The van der Waals surface area contributed by atoms with Crippen LogP contribution in [0.1, 0.15) is 82.3 Å². The summed E-state index contributed by atoms with van der Waals surface area (Å²) in [5.41, 5.74) is 3.27. The van der Waals surface area contributed by atoms with Crippen LogP contribution in [-0.2, 0) is 14.4 Å². The van der Waals surface area contributed by atoms with E-state index >= 15 is 0 Å². The van der Waals surface area contributed by atoms with E-state index in [0.717, 1.165) is 24.8 Å². The molecule has 8 heteroatoms. The smallest absolute Gasteiger partial charge is 0.267 e. The molecule has 4 rings (SSSR count). The Kier molecular flexibility index (Phi) is 10.9. The predicted octanol–water partition coefficient (Wildman–Crippen LogP) is 7.47. The first kappa shape index (κ1) is 30.0. The largest absolute Gasteiger partial charge is 0.324 e. The molecule has 1 N–H and O–H groups in total. The number of hydrogen-bond acceptors (Lipinski definition) is 5. The molecule has 40 heavy (non-hydrogen) atoms. The van der Waals surface area contributed by atoms with Crippen molar-refractivity contribution in [1.82, 2.24) is 4.90 Å². The fraction of sp³-hybridized carbons (Fsp3) is 0.438. The first-order valence-corrected chi connectivity index (χ1v) is 15.7. The summed E-state index contributed by atoms with van der Waals surface area (Å²) in [4.78, 5) is 43.5. The molecular formula is C32H39N3O3S2. The summed E-state index contributed by atoms with van der Waals surface area (Å²) in [6.07, 6.45) is 12.2. The van der Waals surface area contributed by atoms with Gasteiger partial charge in [0.25, 0.3) is 11.8 Å². The van der Waals surface area contributed by atoms with E-state index in [-0.39, 0.29) is 24.3 Å². The third-order valence-electron chi connectivity index (χ3n) is 7.46. The van der Waals surface area contributed by atoms with Crippen molar-refractivity contribution in [3.05, 3.63) is 64.6 Å². The molecule has 0 saturated carbocycles. The van der Waals surface area contributed by atoms with E-state index in [0.29, 0.717) is 38.3 Å². The Hall–Kier alpha value is -2.97. The number of anilines is 2. The number of carbonyl (C=O) groups excluding carboxylic acids is 3. The summed E-state index contributed by atoms with van der Waals surface area (Å²) >= 11 is 6.76. The van der Waals surface area contributed by atoms with E-state index in [9.17, 15) is 14.4 Å². The van der Waals surface area contributed by atoms with Gasteiger partial charge in [-0.1, -0.05) is 125 Å². The Balaban J connectivity index is 1.37. The Labute approximate surface area is 247 Å². The number of thioether (sulfide) groups is 1. The van der Waals surface area contributed by atoms with Gasteiger partial charge in [0.15, 0.2) is 0 Å². The number of carbonyl (C=O) groups is 3. The van der Waals surface area contributed by atoms with Gasteiger partial charge in [0.05, 0.1) is 16.2 Å². The topological polar surface area (TPSA) is 69.7 Å². The van der Waals surface area contributed by atoms with Crippen LogP contribution < -0.4 is 10.2 Å². The summed E-state index contributed by atoms with van der Waals surface area (Å²) in [5, 5.41) is 2.90. The highest BCUT2D eigenvalue weighted by Gasteiger charge is 2.42. The molecule has 0 aliphatic carbocycles. The molecule has 0 radical (unpaired) electrons. The lowest BCUT2D eigenvalue weighted by atomic mass is 10.1. The first-order chi connectivity index (χ1) is 19.4. The summed E-state index contributed by atoms with van der Waals surface area (Å²) in [7, 11) is 0. The van der Waals surface area contributed by atoms with Gasteiger partial charge in [-0.05, 0) is 31.0 Å². The van der Waals surface area contributed by atoms with Gasteiger partial charge in [-0.25, -0.2) is 0 Å². The van der Waals surface area contributed by atoms with Crippen molar-refractivity contribution in [3.63, 3.8) is 0 Å². The molecule has 2 aliphatic rings. The van der Waals surface area contributed by atoms with E-state index < -0.39 is 0 Å². The highest BCUT2D eigenvalue weighted by atomic mass is 32.2. The number of benzene rings is 2. The third-order valence-corrected chi connectivity index (χ3v) is 8.90. The van der Waals surface area contributed by atoms with E-state index in [2.05, 4.69) is 12.2 Å². The second-order valence-electron chi connectivity index (χ2n) is 10.5. The quantitative estimate of drug-likeness (QED) is 0.143. The lowest BCUT2D eigenvalue weighted by Gasteiger charge is -2.17. The standard InChI is InChI=1S/C32H39N3O3S2/c1-3-4-5-6-7-8-9-10-11-16-21-34-31(38)29(40-32(34)39)28-24-18-13-15-20-26(24)35(30(28)37)22-27(36)33-25-19-14-12-17-23(25)2/h12-15,17-20H,3-11,16,21-22H2,1-2H3,(H,33,36)/b29-28-. The maximum atomic E-state index is 13.7. The highest BCUT2D eigenvalue weighted by Crippen LogP contribution is 2.44. The molecule has 0 bridgehead atoms. The molecule has 1 fully saturated rings. The lowest BCUT2D eigenvalue weighted by Crippen LogP contribution is -2.35.